The minimum Gasteiger partial charge on any atom is -0.211 e. The minimum atomic E-state index is 0.306. The first-order valence-corrected chi connectivity index (χ1v) is 5.67. The van der Waals surface area contributed by atoms with E-state index in [9.17, 15) is 4.79 Å². The van der Waals surface area contributed by atoms with E-state index in [0.29, 0.717) is 18.4 Å². The van der Waals surface area contributed by atoms with Crippen LogP contribution in [0.15, 0.2) is 23.2 Å². The molecule has 1 aromatic carbocycles. The Bertz CT molecular complexity index is 403. The molecule has 0 fully saturated rings. The molecule has 0 radical (unpaired) electrons. The molecule has 0 saturated heterocycles. The van der Waals surface area contributed by atoms with Crippen LogP contribution in [0.4, 0.5) is 0 Å². The normalized spacial score (nSPS) is 12.3. The Morgan fingerprint density at radius 3 is 2.44 bits per heavy atom. The zero-order valence-corrected chi connectivity index (χ0v) is 10.4. The van der Waals surface area contributed by atoms with Crippen molar-refractivity contribution in [3.63, 3.8) is 0 Å². The summed E-state index contributed by atoms with van der Waals surface area (Å²) in [6, 6.07) is 6.46. The van der Waals surface area contributed by atoms with E-state index in [2.05, 4.69) is 50.9 Å². The van der Waals surface area contributed by atoms with Gasteiger partial charge >= 0.3 is 0 Å². The van der Waals surface area contributed by atoms with E-state index in [1.807, 2.05) is 0 Å². The van der Waals surface area contributed by atoms with Gasteiger partial charge in [-0.05, 0) is 36.5 Å². The zero-order valence-electron chi connectivity index (χ0n) is 10.4. The van der Waals surface area contributed by atoms with Crippen LogP contribution < -0.4 is 0 Å². The van der Waals surface area contributed by atoms with Gasteiger partial charge < -0.3 is 0 Å². The smallest absolute Gasteiger partial charge is 0.211 e. The number of nitrogens with zero attached hydrogens (tertiary/aromatic N) is 1. The first-order chi connectivity index (χ1) is 7.56. The maximum atomic E-state index is 10.2. The van der Waals surface area contributed by atoms with Crippen LogP contribution in [0.1, 0.15) is 36.5 Å². The number of rotatable bonds is 4. The van der Waals surface area contributed by atoms with Crippen molar-refractivity contribution in [3.8, 4) is 0 Å². The van der Waals surface area contributed by atoms with Gasteiger partial charge in [0.25, 0.3) is 0 Å². The van der Waals surface area contributed by atoms with E-state index in [0.717, 1.165) is 0 Å². The number of aryl methyl sites for hydroxylation is 2. The molecule has 0 saturated carbocycles. The fraction of sp³-hybridized carbons (Fsp3) is 0.500. The molecule has 2 heteroatoms. The van der Waals surface area contributed by atoms with Gasteiger partial charge in [0.15, 0.2) is 0 Å². The van der Waals surface area contributed by atoms with Gasteiger partial charge in [0.2, 0.25) is 6.08 Å². The van der Waals surface area contributed by atoms with Crippen molar-refractivity contribution >= 4 is 6.08 Å². The summed E-state index contributed by atoms with van der Waals surface area (Å²) in [5.74, 6) is 0.778. The first-order valence-electron chi connectivity index (χ1n) is 5.67. The molecular weight excluding hydrogens is 198 g/mol. The number of aliphatic imine (C=N–C) groups is 1. The molecule has 86 valence electrons. The first kappa shape index (κ1) is 12.7. The number of hydrogen-bond acceptors (Lipinski definition) is 2. The standard InChI is InChI=1S/C14H19NO/c1-10(2)14(8-15-9-16)13-6-5-11(3)12(4)7-13/h5-7,10,14H,8H2,1-4H3. The van der Waals surface area contributed by atoms with Crippen LogP contribution in [0.25, 0.3) is 0 Å². The molecule has 0 aliphatic rings. The molecule has 0 amide bonds. The molecule has 1 rings (SSSR count). The Hall–Kier alpha value is -1.40. The number of benzene rings is 1. The summed E-state index contributed by atoms with van der Waals surface area (Å²) in [6.45, 7) is 9.05. The van der Waals surface area contributed by atoms with Crippen molar-refractivity contribution in [2.75, 3.05) is 6.54 Å². The molecule has 2 nitrogen and oxygen atoms in total. The van der Waals surface area contributed by atoms with Crippen molar-refractivity contribution in [3.05, 3.63) is 34.9 Å². The minimum absolute atomic E-state index is 0.306. The van der Waals surface area contributed by atoms with Gasteiger partial charge in [-0.15, -0.1) is 0 Å². The number of carbonyl (C=O) groups excluding carboxylic acids is 1. The van der Waals surface area contributed by atoms with Crippen LogP contribution in [0, 0.1) is 19.8 Å². The third kappa shape index (κ3) is 3.04. The molecule has 0 heterocycles. The van der Waals surface area contributed by atoms with Crippen molar-refractivity contribution in [2.45, 2.75) is 33.6 Å². The molecule has 0 aromatic heterocycles. The largest absolute Gasteiger partial charge is 0.234 e. The summed E-state index contributed by atoms with van der Waals surface area (Å²) in [5.41, 5.74) is 3.85. The average molecular weight is 217 g/mol. The molecule has 0 aliphatic carbocycles. The molecule has 0 bridgehead atoms. The third-order valence-corrected chi connectivity index (χ3v) is 3.12. The highest BCUT2D eigenvalue weighted by Crippen LogP contribution is 2.26. The maximum absolute atomic E-state index is 10.2. The van der Waals surface area contributed by atoms with Crippen LogP contribution in [0.5, 0.6) is 0 Å². The van der Waals surface area contributed by atoms with Crippen LogP contribution in [0.3, 0.4) is 0 Å². The molecule has 0 spiro atoms. The Balaban J connectivity index is 3.01. The number of hydrogen-bond donors (Lipinski definition) is 0. The Morgan fingerprint density at radius 1 is 1.25 bits per heavy atom. The van der Waals surface area contributed by atoms with Gasteiger partial charge in [0.05, 0.1) is 6.54 Å². The second-order valence-corrected chi connectivity index (χ2v) is 4.63. The summed E-state index contributed by atoms with van der Waals surface area (Å²) in [6.07, 6.45) is 1.62. The van der Waals surface area contributed by atoms with Crippen LogP contribution in [-0.4, -0.2) is 12.6 Å². The van der Waals surface area contributed by atoms with Crippen molar-refractivity contribution in [1.82, 2.24) is 0 Å². The second-order valence-electron chi connectivity index (χ2n) is 4.63. The van der Waals surface area contributed by atoms with Crippen LogP contribution in [-0.2, 0) is 4.79 Å². The predicted octanol–water partition coefficient (Wildman–Crippen LogP) is 3.38. The summed E-state index contributed by atoms with van der Waals surface area (Å²) in [7, 11) is 0. The van der Waals surface area contributed by atoms with E-state index in [-0.39, 0.29) is 0 Å². The van der Waals surface area contributed by atoms with Gasteiger partial charge in [-0.1, -0.05) is 32.0 Å². The van der Waals surface area contributed by atoms with E-state index in [1.165, 1.54) is 16.7 Å². The topological polar surface area (TPSA) is 29.4 Å². The quantitative estimate of drug-likeness (QED) is 0.561. The average Bonchev–Trinajstić information content (AvgIpc) is 2.23. The number of isocyanates is 1. The summed E-state index contributed by atoms with van der Waals surface area (Å²) in [4.78, 5) is 13.9. The van der Waals surface area contributed by atoms with Gasteiger partial charge in [-0.25, -0.2) is 9.79 Å². The van der Waals surface area contributed by atoms with E-state index in [4.69, 9.17) is 0 Å². The Labute approximate surface area is 97.4 Å². The van der Waals surface area contributed by atoms with E-state index < -0.39 is 0 Å². The maximum Gasteiger partial charge on any atom is 0.234 e. The SMILES string of the molecule is Cc1ccc(C(CN=C=O)C(C)C)cc1C. The second kappa shape index (κ2) is 5.62. The van der Waals surface area contributed by atoms with Gasteiger partial charge in [0.1, 0.15) is 0 Å². The van der Waals surface area contributed by atoms with Crippen molar-refractivity contribution in [1.29, 1.82) is 0 Å². The molecule has 16 heavy (non-hydrogen) atoms. The highest BCUT2D eigenvalue weighted by Gasteiger charge is 2.15. The van der Waals surface area contributed by atoms with Crippen LogP contribution in [0.2, 0.25) is 0 Å². The lowest BCUT2D eigenvalue weighted by molar-refractivity contribution is 0.502. The Morgan fingerprint density at radius 2 is 1.94 bits per heavy atom. The zero-order chi connectivity index (χ0) is 12.1. The fourth-order valence-corrected chi connectivity index (χ4v) is 1.83. The lowest BCUT2D eigenvalue weighted by Crippen LogP contribution is -2.10. The van der Waals surface area contributed by atoms with Gasteiger partial charge in [-0.2, -0.15) is 0 Å². The fourth-order valence-electron chi connectivity index (χ4n) is 1.83. The lowest BCUT2D eigenvalue weighted by atomic mass is 9.87. The summed E-state index contributed by atoms with van der Waals surface area (Å²) in [5, 5.41) is 0. The lowest BCUT2D eigenvalue weighted by Gasteiger charge is -2.19. The van der Waals surface area contributed by atoms with E-state index in [1.54, 1.807) is 6.08 Å². The van der Waals surface area contributed by atoms with E-state index >= 15 is 0 Å². The summed E-state index contributed by atoms with van der Waals surface area (Å²) < 4.78 is 0. The highest BCUT2D eigenvalue weighted by atomic mass is 16.1. The predicted molar refractivity (Wildman–Crippen MR) is 66.5 cm³/mol. The van der Waals surface area contributed by atoms with Gasteiger partial charge in [0, 0.05) is 5.92 Å². The third-order valence-electron chi connectivity index (χ3n) is 3.12. The van der Waals surface area contributed by atoms with Gasteiger partial charge in [-0.3, -0.25) is 0 Å². The molecule has 1 unspecified atom stereocenters. The summed E-state index contributed by atoms with van der Waals surface area (Å²) >= 11 is 0. The monoisotopic (exact) mass is 217 g/mol. The highest BCUT2D eigenvalue weighted by molar-refractivity contribution is 5.35. The molecule has 0 aliphatic heterocycles. The van der Waals surface area contributed by atoms with Crippen molar-refractivity contribution < 1.29 is 4.79 Å². The Kier molecular flexibility index (Phi) is 4.45. The molecule has 1 aromatic rings. The van der Waals surface area contributed by atoms with Crippen molar-refractivity contribution in [2.24, 2.45) is 10.9 Å². The molecule has 1 atom stereocenters. The van der Waals surface area contributed by atoms with Crippen LogP contribution >= 0.6 is 0 Å². The molecule has 0 N–H and O–H groups in total. The molecular formula is C14H19NO.